The predicted molar refractivity (Wildman–Crippen MR) is 129 cm³/mol. The lowest BCUT2D eigenvalue weighted by Gasteiger charge is -2.22. The van der Waals surface area contributed by atoms with Gasteiger partial charge in [-0.15, -0.1) is 24.0 Å². The summed E-state index contributed by atoms with van der Waals surface area (Å²) in [6, 6.07) is 12.5. The van der Waals surface area contributed by atoms with Crippen molar-refractivity contribution >= 4 is 35.8 Å². The van der Waals surface area contributed by atoms with E-state index in [1.54, 1.807) is 19.2 Å². The SMILES string of the molecule is CCNC(=NCCc1cccc(C(=O)NC)c1)N(C)Cc1ccc(OC)c(F)c1.I. The van der Waals surface area contributed by atoms with Gasteiger partial charge in [0.05, 0.1) is 7.11 Å². The second-order valence-corrected chi connectivity index (χ2v) is 6.59. The molecule has 30 heavy (non-hydrogen) atoms. The first-order valence-corrected chi connectivity index (χ1v) is 9.61. The first-order chi connectivity index (χ1) is 14.0. The molecule has 0 bridgehead atoms. The van der Waals surface area contributed by atoms with Crippen molar-refractivity contribution in [2.45, 2.75) is 19.9 Å². The molecule has 8 heteroatoms. The number of guanidine groups is 1. The number of ether oxygens (including phenoxy) is 1. The van der Waals surface area contributed by atoms with Crippen molar-refractivity contribution in [2.24, 2.45) is 4.99 Å². The molecule has 2 aromatic rings. The molecule has 0 fully saturated rings. The lowest BCUT2D eigenvalue weighted by molar-refractivity contribution is 0.0963. The van der Waals surface area contributed by atoms with Crippen molar-refractivity contribution in [3.63, 3.8) is 0 Å². The van der Waals surface area contributed by atoms with E-state index in [9.17, 15) is 9.18 Å². The number of nitrogens with zero attached hydrogens (tertiary/aromatic N) is 2. The average molecular weight is 528 g/mol. The number of amides is 1. The van der Waals surface area contributed by atoms with Crippen LogP contribution in [0, 0.1) is 5.82 Å². The highest BCUT2D eigenvalue weighted by molar-refractivity contribution is 14.0. The van der Waals surface area contributed by atoms with Crippen LogP contribution in [0.25, 0.3) is 0 Å². The van der Waals surface area contributed by atoms with Crippen LogP contribution in [0.1, 0.15) is 28.4 Å². The van der Waals surface area contributed by atoms with Crippen molar-refractivity contribution in [1.29, 1.82) is 0 Å². The smallest absolute Gasteiger partial charge is 0.251 e. The van der Waals surface area contributed by atoms with Crippen molar-refractivity contribution < 1.29 is 13.9 Å². The van der Waals surface area contributed by atoms with Gasteiger partial charge in [0.1, 0.15) is 0 Å². The van der Waals surface area contributed by atoms with Crippen molar-refractivity contribution in [3.05, 3.63) is 65.0 Å². The third kappa shape index (κ3) is 7.47. The van der Waals surface area contributed by atoms with Crippen LogP contribution >= 0.6 is 24.0 Å². The summed E-state index contributed by atoms with van der Waals surface area (Å²) in [5, 5.41) is 5.89. The van der Waals surface area contributed by atoms with Gasteiger partial charge in [-0.1, -0.05) is 18.2 Å². The lowest BCUT2D eigenvalue weighted by atomic mass is 10.1. The molecule has 6 nitrogen and oxygen atoms in total. The van der Waals surface area contributed by atoms with E-state index in [1.165, 1.54) is 13.2 Å². The third-order valence-corrected chi connectivity index (χ3v) is 4.41. The van der Waals surface area contributed by atoms with Crippen LogP contribution in [0.5, 0.6) is 5.75 Å². The van der Waals surface area contributed by atoms with Crippen LogP contribution in [0.2, 0.25) is 0 Å². The summed E-state index contributed by atoms with van der Waals surface area (Å²) in [5.41, 5.74) is 2.51. The van der Waals surface area contributed by atoms with Gasteiger partial charge >= 0.3 is 0 Å². The van der Waals surface area contributed by atoms with E-state index in [4.69, 9.17) is 4.74 Å². The number of methoxy groups -OCH3 is 1. The number of carbonyl (C=O) groups is 1. The minimum absolute atomic E-state index is 0. The number of halogens is 2. The predicted octanol–water partition coefficient (Wildman–Crippen LogP) is 3.45. The summed E-state index contributed by atoms with van der Waals surface area (Å²) < 4.78 is 18.9. The van der Waals surface area contributed by atoms with E-state index >= 15 is 0 Å². The Balaban J connectivity index is 0.00000450. The molecule has 2 aromatic carbocycles. The second-order valence-electron chi connectivity index (χ2n) is 6.59. The number of hydrogen-bond donors (Lipinski definition) is 2. The standard InChI is InChI=1S/C22H29FN4O2.HI/c1-5-25-22(27(3)15-17-9-10-20(29-4)19(23)14-17)26-12-11-16-7-6-8-18(13-16)21(28)24-2;/h6-10,13-14H,5,11-12,15H2,1-4H3,(H,24,28)(H,25,26);1H. The highest BCUT2D eigenvalue weighted by Gasteiger charge is 2.09. The summed E-state index contributed by atoms with van der Waals surface area (Å²) >= 11 is 0. The van der Waals surface area contributed by atoms with Gasteiger partial charge in [-0.05, 0) is 48.7 Å². The summed E-state index contributed by atoms with van der Waals surface area (Å²) in [7, 11) is 4.98. The molecule has 2 N–H and O–H groups in total. The zero-order valence-electron chi connectivity index (χ0n) is 17.9. The molecular weight excluding hydrogens is 498 g/mol. The van der Waals surface area contributed by atoms with Crippen LogP contribution < -0.4 is 15.4 Å². The summed E-state index contributed by atoms with van der Waals surface area (Å²) in [4.78, 5) is 18.4. The number of nitrogens with one attached hydrogen (secondary N) is 2. The summed E-state index contributed by atoms with van der Waals surface area (Å²) in [5.74, 6) is 0.494. The molecule has 0 saturated carbocycles. The zero-order chi connectivity index (χ0) is 21.2. The number of hydrogen-bond acceptors (Lipinski definition) is 3. The topological polar surface area (TPSA) is 66.0 Å². The molecule has 0 aliphatic rings. The summed E-state index contributed by atoms with van der Waals surface area (Å²) in [6.07, 6.45) is 0.713. The van der Waals surface area contributed by atoms with E-state index in [1.807, 2.05) is 43.1 Å². The molecule has 0 aliphatic heterocycles. The highest BCUT2D eigenvalue weighted by atomic mass is 127. The number of aliphatic imine (C=N–C) groups is 1. The largest absolute Gasteiger partial charge is 0.494 e. The van der Waals surface area contributed by atoms with Crippen molar-refractivity contribution in [2.75, 3.05) is 34.3 Å². The monoisotopic (exact) mass is 528 g/mol. The van der Waals surface area contributed by atoms with Crippen LogP contribution in [-0.4, -0.2) is 51.1 Å². The third-order valence-electron chi connectivity index (χ3n) is 4.41. The Morgan fingerprint density at radius 1 is 1.20 bits per heavy atom. The Bertz CT molecular complexity index is 861. The van der Waals surface area contributed by atoms with Crippen molar-refractivity contribution in [1.82, 2.24) is 15.5 Å². The van der Waals surface area contributed by atoms with E-state index < -0.39 is 0 Å². The normalized spacial score (nSPS) is 10.8. The van der Waals surface area contributed by atoms with Gasteiger partial charge in [0.15, 0.2) is 17.5 Å². The minimum Gasteiger partial charge on any atom is -0.494 e. The molecule has 0 saturated heterocycles. The molecule has 0 aliphatic carbocycles. The van der Waals surface area contributed by atoms with Gasteiger partial charge < -0.3 is 20.3 Å². The fraction of sp³-hybridized carbons (Fsp3) is 0.364. The summed E-state index contributed by atoms with van der Waals surface area (Å²) in [6.45, 7) is 3.81. The lowest BCUT2D eigenvalue weighted by Crippen LogP contribution is -2.38. The first-order valence-electron chi connectivity index (χ1n) is 9.61. The molecule has 0 aromatic heterocycles. The maximum atomic E-state index is 13.9. The Morgan fingerprint density at radius 3 is 2.60 bits per heavy atom. The van der Waals surface area contributed by atoms with E-state index in [2.05, 4.69) is 15.6 Å². The number of benzene rings is 2. The molecule has 0 atom stereocenters. The van der Waals surface area contributed by atoms with Crippen LogP contribution in [0.15, 0.2) is 47.5 Å². The minimum atomic E-state index is -0.378. The Kier molecular flexibility index (Phi) is 11.2. The Hall–Kier alpha value is -2.36. The van der Waals surface area contributed by atoms with Crippen LogP contribution in [0.4, 0.5) is 4.39 Å². The van der Waals surface area contributed by atoms with Gasteiger partial charge in [-0.2, -0.15) is 0 Å². The Labute approximate surface area is 194 Å². The second kappa shape index (κ2) is 13.0. The maximum Gasteiger partial charge on any atom is 0.251 e. The molecule has 2 rings (SSSR count). The van der Waals surface area contributed by atoms with E-state index in [0.717, 1.165) is 23.6 Å². The van der Waals surface area contributed by atoms with Crippen molar-refractivity contribution in [3.8, 4) is 5.75 Å². The number of rotatable bonds is 8. The molecule has 0 unspecified atom stereocenters. The van der Waals surface area contributed by atoms with Gasteiger partial charge in [0.2, 0.25) is 0 Å². The molecule has 164 valence electrons. The maximum absolute atomic E-state index is 13.9. The average Bonchev–Trinajstić information content (AvgIpc) is 2.73. The van der Waals surface area contributed by atoms with E-state index in [-0.39, 0.29) is 41.5 Å². The quantitative estimate of drug-likeness (QED) is 0.313. The van der Waals surface area contributed by atoms with Gasteiger partial charge in [-0.25, -0.2) is 4.39 Å². The molecule has 0 heterocycles. The zero-order valence-corrected chi connectivity index (χ0v) is 20.2. The highest BCUT2D eigenvalue weighted by Crippen LogP contribution is 2.18. The van der Waals surface area contributed by atoms with Crippen LogP contribution in [0.3, 0.4) is 0 Å². The van der Waals surface area contributed by atoms with Gasteiger partial charge in [-0.3, -0.25) is 9.79 Å². The molecule has 1 amide bonds. The van der Waals surface area contributed by atoms with Crippen LogP contribution in [-0.2, 0) is 13.0 Å². The van der Waals surface area contributed by atoms with Gasteiger partial charge in [0.25, 0.3) is 5.91 Å². The molecule has 0 spiro atoms. The number of carbonyl (C=O) groups excluding carboxylic acids is 1. The first kappa shape index (κ1) is 25.7. The van der Waals surface area contributed by atoms with Gasteiger partial charge in [0, 0.05) is 39.3 Å². The fourth-order valence-electron chi connectivity index (χ4n) is 2.93. The molecule has 0 radical (unpaired) electrons. The molecular formula is C22H30FIN4O2. The Morgan fingerprint density at radius 2 is 1.97 bits per heavy atom. The fourth-order valence-corrected chi connectivity index (χ4v) is 2.93. The van der Waals surface area contributed by atoms with E-state index in [0.29, 0.717) is 25.1 Å².